The van der Waals surface area contributed by atoms with Crippen LogP contribution in [0.2, 0.25) is 0 Å². The molecule has 1 aliphatic rings. The fourth-order valence-electron chi connectivity index (χ4n) is 1.72. The van der Waals surface area contributed by atoms with E-state index >= 15 is 0 Å². The molecule has 0 amide bonds. The van der Waals surface area contributed by atoms with Crippen LogP contribution in [0.25, 0.3) is 0 Å². The molecule has 10 heteroatoms. The molecule has 1 aliphatic heterocycles. The van der Waals surface area contributed by atoms with Crippen molar-refractivity contribution in [2.75, 3.05) is 12.3 Å². The molecule has 0 unspecified atom stereocenters. The van der Waals surface area contributed by atoms with Crippen LogP contribution in [0.5, 0.6) is 0 Å². The van der Waals surface area contributed by atoms with E-state index in [4.69, 9.17) is 15.6 Å². The molecule has 2 rings (SSSR count). The fraction of sp³-hybridized carbons (Fsp3) is 0.556. The van der Waals surface area contributed by atoms with Crippen molar-refractivity contribution in [2.24, 2.45) is 0 Å². The summed E-state index contributed by atoms with van der Waals surface area (Å²) >= 11 is 0. The SMILES string of the molecule is Br.Nc1ccn([C@@H]2O[C@H](CO)[C@@H](O)C2(F)F)c(=O)n1. The zero-order chi connectivity index (χ0) is 13.5. The van der Waals surface area contributed by atoms with Crippen LogP contribution in [0.15, 0.2) is 17.1 Å². The monoisotopic (exact) mass is 343 g/mol. The van der Waals surface area contributed by atoms with Crippen LogP contribution >= 0.6 is 17.0 Å². The minimum Gasteiger partial charge on any atom is -0.394 e. The smallest absolute Gasteiger partial charge is 0.351 e. The Bertz CT molecular complexity index is 512. The Kier molecular flexibility index (Phi) is 4.61. The Hall–Kier alpha value is -1.10. The molecule has 1 aromatic rings. The summed E-state index contributed by atoms with van der Waals surface area (Å²) in [5.41, 5.74) is 4.21. The van der Waals surface area contributed by atoms with Gasteiger partial charge in [-0.2, -0.15) is 13.8 Å². The average molecular weight is 344 g/mol. The zero-order valence-corrected chi connectivity index (χ0v) is 11.2. The number of nitrogens with zero attached hydrogens (tertiary/aromatic N) is 2. The molecule has 1 aromatic heterocycles. The number of aliphatic hydroxyl groups excluding tert-OH is 2. The molecule has 0 bridgehead atoms. The highest BCUT2D eigenvalue weighted by molar-refractivity contribution is 8.93. The molecular weight excluding hydrogens is 332 g/mol. The molecule has 4 N–H and O–H groups in total. The van der Waals surface area contributed by atoms with Crippen LogP contribution in [-0.4, -0.2) is 44.5 Å². The normalized spacial score (nSPS) is 28.9. The number of nitrogens with two attached hydrogens (primary N) is 1. The van der Waals surface area contributed by atoms with Crippen molar-refractivity contribution in [3.63, 3.8) is 0 Å². The molecule has 0 aromatic carbocycles. The first-order chi connectivity index (χ1) is 8.37. The zero-order valence-electron chi connectivity index (χ0n) is 9.44. The first-order valence-electron chi connectivity index (χ1n) is 5.04. The van der Waals surface area contributed by atoms with Crippen molar-refractivity contribution < 1.29 is 23.7 Å². The summed E-state index contributed by atoms with van der Waals surface area (Å²) in [6.45, 7) is -0.787. The van der Waals surface area contributed by atoms with Crippen molar-refractivity contribution in [3.05, 3.63) is 22.7 Å². The van der Waals surface area contributed by atoms with Gasteiger partial charge in [-0.15, -0.1) is 17.0 Å². The minimum absolute atomic E-state index is 0. The maximum atomic E-state index is 13.7. The molecule has 1 fully saturated rings. The Morgan fingerprint density at radius 3 is 2.68 bits per heavy atom. The van der Waals surface area contributed by atoms with Crippen LogP contribution < -0.4 is 11.4 Å². The third kappa shape index (κ3) is 2.61. The number of ether oxygens (including phenoxy) is 1. The van der Waals surface area contributed by atoms with Gasteiger partial charge in [-0.3, -0.25) is 4.57 Å². The van der Waals surface area contributed by atoms with Crippen molar-refractivity contribution in [1.29, 1.82) is 0 Å². The minimum atomic E-state index is -3.71. The van der Waals surface area contributed by atoms with Crippen LogP contribution in [0.1, 0.15) is 6.23 Å². The van der Waals surface area contributed by atoms with E-state index in [1.54, 1.807) is 0 Å². The molecular formula is C9H12BrF2N3O4. The summed E-state index contributed by atoms with van der Waals surface area (Å²) in [7, 11) is 0. The summed E-state index contributed by atoms with van der Waals surface area (Å²) in [4.78, 5) is 14.7. The van der Waals surface area contributed by atoms with Gasteiger partial charge in [0.2, 0.25) is 6.23 Å². The first kappa shape index (κ1) is 16.0. The molecule has 3 atom stereocenters. The van der Waals surface area contributed by atoms with Crippen molar-refractivity contribution in [3.8, 4) is 0 Å². The lowest BCUT2D eigenvalue weighted by molar-refractivity contribution is -0.140. The number of rotatable bonds is 2. The van der Waals surface area contributed by atoms with Crippen molar-refractivity contribution in [2.45, 2.75) is 24.4 Å². The number of halogens is 3. The Balaban J connectivity index is 0.00000180. The predicted octanol–water partition coefficient (Wildman–Crippen LogP) is -0.711. The molecule has 108 valence electrons. The Morgan fingerprint density at radius 2 is 2.21 bits per heavy atom. The summed E-state index contributed by atoms with van der Waals surface area (Å²) < 4.78 is 32.7. The molecule has 2 heterocycles. The van der Waals surface area contributed by atoms with Gasteiger partial charge in [0.25, 0.3) is 0 Å². The van der Waals surface area contributed by atoms with E-state index in [1.807, 2.05) is 0 Å². The molecule has 19 heavy (non-hydrogen) atoms. The van der Waals surface area contributed by atoms with Gasteiger partial charge in [-0.25, -0.2) is 4.79 Å². The highest BCUT2D eigenvalue weighted by Crippen LogP contribution is 2.41. The number of anilines is 1. The second-order valence-corrected chi connectivity index (χ2v) is 3.87. The maximum absolute atomic E-state index is 13.7. The second-order valence-electron chi connectivity index (χ2n) is 3.87. The standard InChI is InChI=1S/C9H11F2N3O4.BrH/c10-9(11)6(16)4(3-15)18-7(9)14-2-1-5(12)13-8(14)17;/h1-2,4,6-7,15-16H,3H2,(H2,12,13,17);1H/t4-,6-,7-;/m1./s1. The highest BCUT2D eigenvalue weighted by Gasteiger charge is 2.59. The van der Waals surface area contributed by atoms with E-state index in [2.05, 4.69) is 4.98 Å². The van der Waals surface area contributed by atoms with Crippen molar-refractivity contribution >= 4 is 22.8 Å². The fourth-order valence-corrected chi connectivity index (χ4v) is 1.72. The van der Waals surface area contributed by atoms with Gasteiger partial charge < -0.3 is 20.7 Å². The van der Waals surface area contributed by atoms with Gasteiger partial charge in [-0.05, 0) is 6.07 Å². The molecule has 0 aliphatic carbocycles. The number of alkyl halides is 2. The average Bonchev–Trinajstić information content (AvgIpc) is 2.52. The lowest BCUT2D eigenvalue weighted by Crippen LogP contribution is -2.41. The number of aliphatic hydroxyl groups is 2. The van der Waals surface area contributed by atoms with E-state index in [0.29, 0.717) is 4.57 Å². The van der Waals surface area contributed by atoms with E-state index in [9.17, 15) is 18.7 Å². The van der Waals surface area contributed by atoms with Gasteiger partial charge in [0.05, 0.1) is 6.61 Å². The predicted molar refractivity (Wildman–Crippen MR) is 65.2 cm³/mol. The summed E-state index contributed by atoms with van der Waals surface area (Å²) in [5.74, 6) is -3.83. The summed E-state index contributed by atoms with van der Waals surface area (Å²) in [5, 5.41) is 18.1. The first-order valence-corrected chi connectivity index (χ1v) is 5.04. The van der Waals surface area contributed by atoms with Crippen LogP contribution in [0.3, 0.4) is 0 Å². The Morgan fingerprint density at radius 1 is 1.58 bits per heavy atom. The number of nitrogen functional groups attached to an aromatic ring is 1. The van der Waals surface area contributed by atoms with Crippen LogP contribution in [0.4, 0.5) is 14.6 Å². The number of aromatic nitrogens is 2. The molecule has 1 saturated heterocycles. The second kappa shape index (κ2) is 5.49. The third-order valence-electron chi connectivity index (χ3n) is 2.66. The molecule has 7 nitrogen and oxygen atoms in total. The molecule has 0 spiro atoms. The van der Waals surface area contributed by atoms with Crippen molar-refractivity contribution in [1.82, 2.24) is 9.55 Å². The van der Waals surface area contributed by atoms with Gasteiger partial charge in [0.15, 0.2) is 6.10 Å². The summed E-state index contributed by atoms with van der Waals surface area (Å²) in [6.07, 6.45) is -4.69. The largest absolute Gasteiger partial charge is 0.394 e. The third-order valence-corrected chi connectivity index (χ3v) is 2.66. The number of hydrogen-bond donors (Lipinski definition) is 3. The topological polar surface area (TPSA) is 111 Å². The van der Waals surface area contributed by atoms with Crippen LogP contribution in [-0.2, 0) is 4.74 Å². The summed E-state index contributed by atoms with van der Waals surface area (Å²) in [6, 6.07) is 1.15. The van der Waals surface area contributed by atoms with Gasteiger partial charge >= 0.3 is 11.6 Å². The van der Waals surface area contributed by atoms with E-state index in [0.717, 1.165) is 12.3 Å². The van der Waals surface area contributed by atoms with Gasteiger partial charge in [-0.1, -0.05) is 0 Å². The molecule has 0 saturated carbocycles. The lowest BCUT2D eigenvalue weighted by atomic mass is 10.1. The quantitative estimate of drug-likeness (QED) is 0.654. The van der Waals surface area contributed by atoms with E-state index < -0.39 is 36.7 Å². The van der Waals surface area contributed by atoms with Crippen LogP contribution in [0, 0.1) is 0 Å². The Labute approximate surface area is 116 Å². The lowest BCUT2D eigenvalue weighted by Gasteiger charge is -2.20. The highest BCUT2D eigenvalue weighted by atomic mass is 79.9. The van der Waals surface area contributed by atoms with E-state index in [1.165, 1.54) is 0 Å². The molecule has 0 radical (unpaired) electrons. The van der Waals surface area contributed by atoms with Gasteiger partial charge in [0.1, 0.15) is 11.9 Å². The van der Waals surface area contributed by atoms with Gasteiger partial charge in [0, 0.05) is 6.20 Å². The maximum Gasteiger partial charge on any atom is 0.351 e. The van der Waals surface area contributed by atoms with E-state index in [-0.39, 0.29) is 22.8 Å². The number of hydrogen-bond acceptors (Lipinski definition) is 6.